The fourth-order valence-electron chi connectivity index (χ4n) is 2.30. The molecule has 0 saturated carbocycles. The van der Waals surface area contributed by atoms with Crippen LogP contribution < -0.4 is 5.32 Å². The zero-order valence-electron chi connectivity index (χ0n) is 13.9. The summed E-state index contributed by atoms with van der Waals surface area (Å²) in [5.74, 6) is -1.67. The molecule has 1 amide bonds. The molecule has 132 valence electrons. The van der Waals surface area contributed by atoms with E-state index in [1.165, 1.54) is 6.07 Å². The van der Waals surface area contributed by atoms with Crippen LogP contribution in [0.2, 0.25) is 0 Å². The van der Waals surface area contributed by atoms with Crippen molar-refractivity contribution in [2.75, 3.05) is 11.1 Å². The highest BCUT2D eigenvalue weighted by atomic mass is 32.2. The van der Waals surface area contributed by atoms with E-state index in [2.05, 4.69) is 15.5 Å². The fourth-order valence-corrected chi connectivity index (χ4v) is 2.85. The number of hydrogen-bond acceptors (Lipinski definition) is 4. The molecule has 0 aliphatic carbocycles. The predicted octanol–water partition coefficient (Wildman–Crippen LogP) is 4.79. The first kappa shape index (κ1) is 18.0. The number of halogens is 2. The van der Waals surface area contributed by atoms with E-state index in [-0.39, 0.29) is 5.56 Å². The topological polar surface area (TPSA) is 54.9 Å². The Morgan fingerprint density at radius 1 is 1.04 bits per heavy atom. The van der Waals surface area contributed by atoms with Crippen molar-refractivity contribution in [2.24, 2.45) is 0 Å². The van der Waals surface area contributed by atoms with Crippen LogP contribution in [0.4, 0.5) is 14.5 Å². The van der Waals surface area contributed by atoms with E-state index in [0.29, 0.717) is 11.4 Å². The SMILES string of the molecule is CCSc1ccc(-c2cccc(NC(=O)c3ccc(F)c(F)c3)c2)nn1. The Balaban J connectivity index is 1.78. The van der Waals surface area contributed by atoms with Crippen LogP contribution in [0.5, 0.6) is 0 Å². The number of nitrogens with zero attached hydrogens (tertiary/aromatic N) is 2. The van der Waals surface area contributed by atoms with E-state index >= 15 is 0 Å². The molecule has 0 fully saturated rings. The molecule has 1 N–H and O–H groups in total. The molecular weight excluding hydrogens is 356 g/mol. The molecule has 0 saturated heterocycles. The maximum Gasteiger partial charge on any atom is 0.255 e. The van der Waals surface area contributed by atoms with Gasteiger partial charge in [-0.2, -0.15) is 0 Å². The van der Waals surface area contributed by atoms with E-state index < -0.39 is 17.5 Å². The summed E-state index contributed by atoms with van der Waals surface area (Å²) in [5.41, 5.74) is 2.02. The molecule has 0 spiro atoms. The molecule has 1 aromatic heterocycles. The van der Waals surface area contributed by atoms with Gasteiger partial charge in [0, 0.05) is 16.8 Å². The van der Waals surface area contributed by atoms with Crippen LogP contribution in [0, 0.1) is 11.6 Å². The van der Waals surface area contributed by atoms with Crippen LogP contribution in [0.1, 0.15) is 17.3 Å². The number of anilines is 1. The third kappa shape index (κ3) is 4.23. The Kier molecular flexibility index (Phi) is 5.58. The highest BCUT2D eigenvalue weighted by Gasteiger charge is 2.11. The van der Waals surface area contributed by atoms with Gasteiger partial charge in [-0.1, -0.05) is 19.1 Å². The highest BCUT2D eigenvalue weighted by Crippen LogP contribution is 2.23. The van der Waals surface area contributed by atoms with Gasteiger partial charge in [0.1, 0.15) is 5.03 Å². The average Bonchev–Trinajstić information content (AvgIpc) is 2.65. The summed E-state index contributed by atoms with van der Waals surface area (Å²) in [6.07, 6.45) is 0. The van der Waals surface area contributed by atoms with Crippen LogP contribution in [0.15, 0.2) is 59.6 Å². The number of benzene rings is 2. The zero-order chi connectivity index (χ0) is 18.5. The minimum Gasteiger partial charge on any atom is -0.322 e. The first-order chi connectivity index (χ1) is 12.6. The Morgan fingerprint density at radius 3 is 2.58 bits per heavy atom. The second-order valence-electron chi connectivity index (χ2n) is 5.35. The van der Waals surface area contributed by atoms with Gasteiger partial charge in [0.25, 0.3) is 5.91 Å². The van der Waals surface area contributed by atoms with Crippen molar-refractivity contribution in [3.8, 4) is 11.3 Å². The predicted molar refractivity (Wildman–Crippen MR) is 98.2 cm³/mol. The number of nitrogens with one attached hydrogen (secondary N) is 1. The normalized spacial score (nSPS) is 10.6. The first-order valence-electron chi connectivity index (χ1n) is 7.90. The van der Waals surface area contributed by atoms with Gasteiger partial charge in [-0.25, -0.2) is 8.78 Å². The molecule has 0 atom stereocenters. The van der Waals surface area contributed by atoms with E-state index in [0.717, 1.165) is 28.5 Å². The molecule has 3 aromatic rings. The van der Waals surface area contributed by atoms with Crippen molar-refractivity contribution in [3.05, 3.63) is 71.8 Å². The van der Waals surface area contributed by atoms with Gasteiger partial charge in [0.2, 0.25) is 0 Å². The molecule has 0 unspecified atom stereocenters. The van der Waals surface area contributed by atoms with Crippen LogP contribution in [0.3, 0.4) is 0 Å². The molecular formula is C19H15F2N3OS. The molecule has 0 bridgehead atoms. The van der Waals surface area contributed by atoms with E-state index in [9.17, 15) is 13.6 Å². The third-order valence-corrected chi connectivity index (χ3v) is 4.33. The van der Waals surface area contributed by atoms with E-state index in [4.69, 9.17) is 0 Å². The zero-order valence-corrected chi connectivity index (χ0v) is 14.7. The Morgan fingerprint density at radius 2 is 1.88 bits per heavy atom. The van der Waals surface area contributed by atoms with Crippen LogP contribution in [0.25, 0.3) is 11.3 Å². The summed E-state index contributed by atoms with van der Waals surface area (Å²) < 4.78 is 26.3. The van der Waals surface area contributed by atoms with Crippen molar-refractivity contribution < 1.29 is 13.6 Å². The van der Waals surface area contributed by atoms with Crippen LogP contribution in [-0.2, 0) is 0 Å². The lowest BCUT2D eigenvalue weighted by Gasteiger charge is -2.08. The van der Waals surface area contributed by atoms with Gasteiger partial charge in [-0.15, -0.1) is 22.0 Å². The first-order valence-corrected chi connectivity index (χ1v) is 8.88. The molecule has 0 radical (unpaired) electrons. The fraction of sp³-hybridized carbons (Fsp3) is 0.105. The highest BCUT2D eigenvalue weighted by molar-refractivity contribution is 7.99. The lowest BCUT2D eigenvalue weighted by Crippen LogP contribution is -2.12. The third-order valence-electron chi connectivity index (χ3n) is 3.53. The smallest absolute Gasteiger partial charge is 0.255 e. The summed E-state index contributed by atoms with van der Waals surface area (Å²) in [6, 6.07) is 13.8. The summed E-state index contributed by atoms with van der Waals surface area (Å²) >= 11 is 1.60. The van der Waals surface area contributed by atoms with Crippen molar-refractivity contribution >= 4 is 23.4 Å². The molecule has 0 aliphatic rings. The van der Waals surface area contributed by atoms with Gasteiger partial charge in [0.05, 0.1) is 5.69 Å². The van der Waals surface area contributed by atoms with Gasteiger partial charge in [-0.3, -0.25) is 4.79 Å². The van der Waals surface area contributed by atoms with Gasteiger partial charge in [0.15, 0.2) is 11.6 Å². The average molecular weight is 371 g/mol. The number of aromatic nitrogens is 2. The Bertz CT molecular complexity index is 932. The minimum atomic E-state index is -1.06. The van der Waals surface area contributed by atoms with Gasteiger partial charge in [-0.05, 0) is 48.2 Å². The van der Waals surface area contributed by atoms with Crippen molar-refractivity contribution in [1.82, 2.24) is 10.2 Å². The van der Waals surface area contributed by atoms with Crippen molar-refractivity contribution in [2.45, 2.75) is 11.9 Å². The number of carbonyl (C=O) groups excluding carboxylic acids is 1. The lowest BCUT2D eigenvalue weighted by molar-refractivity contribution is 0.102. The van der Waals surface area contributed by atoms with Gasteiger partial charge >= 0.3 is 0 Å². The lowest BCUT2D eigenvalue weighted by atomic mass is 10.1. The molecule has 1 heterocycles. The van der Waals surface area contributed by atoms with E-state index in [1.807, 2.05) is 25.1 Å². The largest absolute Gasteiger partial charge is 0.322 e. The molecule has 3 rings (SSSR count). The number of thioether (sulfide) groups is 1. The van der Waals surface area contributed by atoms with Gasteiger partial charge < -0.3 is 5.32 Å². The molecule has 0 aliphatic heterocycles. The molecule has 2 aromatic carbocycles. The minimum absolute atomic E-state index is 0.0371. The summed E-state index contributed by atoms with van der Waals surface area (Å²) in [7, 11) is 0. The summed E-state index contributed by atoms with van der Waals surface area (Å²) in [5, 5.41) is 11.9. The second-order valence-corrected chi connectivity index (χ2v) is 6.64. The number of amides is 1. The van der Waals surface area contributed by atoms with Crippen LogP contribution >= 0.6 is 11.8 Å². The number of rotatable bonds is 5. The van der Waals surface area contributed by atoms with Crippen molar-refractivity contribution in [3.63, 3.8) is 0 Å². The number of hydrogen-bond donors (Lipinski definition) is 1. The standard InChI is InChI=1S/C19H15F2N3OS/c1-2-26-18-9-8-17(23-24-18)12-4-3-5-14(10-12)22-19(25)13-6-7-15(20)16(21)11-13/h3-11H,2H2,1H3,(H,22,25). The van der Waals surface area contributed by atoms with E-state index in [1.54, 1.807) is 30.0 Å². The summed E-state index contributed by atoms with van der Waals surface area (Å²) in [6.45, 7) is 2.04. The number of carbonyl (C=O) groups is 1. The Labute approximate surface area is 153 Å². The van der Waals surface area contributed by atoms with Crippen molar-refractivity contribution in [1.29, 1.82) is 0 Å². The van der Waals surface area contributed by atoms with Crippen LogP contribution in [-0.4, -0.2) is 21.9 Å². The molecule has 26 heavy (non-hydrogen) atoms. The monoisotopic (exact) mass is 371 g/mol. The maximum absolute atomic E-state index is 13.3. The second kappa shape index (κ2) is 8.05. The summed E-state index contributed by atoms with van der Waals surface area (Å²) in [4.78, 5) is 12.2. The maximum atomic E-state index is 13.3. The molecule has 7 heteroatoms. The molecule has 4 nitrogen and oxygen atoms in total. The Hall–Kier alpha value is -2.80. The quantitative estimate of drug-likeness (QED) is 0.656.